The van der Waals surface area contributed by atoms with Gasteiger partial charge >= 0.3 is 6.03 Å². The zero-order valence-corrected chi connectivity index (χ0v) is 16.1. The van der Waals surface area contributed by atoms with Crippen molar-refractivity contribution in [1.82, 2.24) is 4.90 Å². The van der Waals surface area contributed by atoms with E-state index in [1.54, 1.807) is 11.3 Å². The molecule has 0 spiro atoms. The van der Waals surface area contributed by atoms with Crippen LogP contribution in [-0.4, -0.2) is 43.8 Å². The molecule has 0 saturated carbocycles. The Morgan fingerprint density at radius 3 is 2.85 bits per heavy atom. The first kappa shape index (κ1) is 17.6. The number of ether oxygens (including phenoxy) is 1. The van der Waals surface area contributed by atoms with Gasteiger partial charge in [0.1, 0.15) is 0 Å². The summed E-state index contributed by atoms with van der Waals surface area (Å²) in [5, 5.41) is 7.93. The molecule has 1 aromatic heterocycles. The summed E-state index contributed by atoms with van der Waals surface area (Å²) in [6, 6.07) is 7.89. The highest BCUT2D eigenvalue weighted by molar-refractivity contribution is 7.08. The van der Waals surface area contributed by atoms with Crippen LogP contribution in [0.5, 0.6) is 0 Å². The largest absolute Gasteiger partial charge is 0.378 e. The van der Waals surface area contributed by atoms with Gasteiger partial charge in [0.15, 0.2) is 0 Å². The Morgan fingerprint density at radius 1 is 1.23 bits per heavy atom. The smallest absolute Gasteiger partial charge is 0.322 e. The highest BCUT2D eigenvalue weighted by atomic mass is 35.5. The first-order valence-electron chi connectivity index (χ1n) is 8.94. The number of morpholine rings is 1. The SMILES string of the molecule is O=C(Nc1cc(Cl)ccc1N1CCOCC1)N1CCCC1c1ccsc1. The van der Waals surface area contributed by atoms with Crippen LogP contribution in [-0.2, 0) is 4.74 Å². The van der Waals surface area contributed by atoms with Crippen molar-refractivity contribution >= 4 is 40.3 Å². The minimum Gasteiger partial charge on any atom is -0.378 e. The Bertz CT molecular complexity index is 762. The van der Waals surface area contributed by atoms with Gasteiger partial charge in [-0.15, -0.1) is 0 Å². The van der Waals surface area contributed by atoms with Crippen molar-refractivity contribution in [2.45, 2.75) is 18.9 Å². The second-order valence-electron chi connectivity index (χ2n) is 6.60. The summed E-state index contributed by atoms with van der Waals surface area (Å²) >= 11 is 7.88. The minimum atomic E-state index is -0.0597. The number of nitrogens with zero attached hydrogens (tertiary/aromatic N) is 2. The van der Waals surface area contributed by atoms with E-state index in [0.29, 0.717) is 18.2 Å². The van der Waals surface area contributed by atoms with E-state index in [2.05, 4.69) is 27.0 Å². The van der Waals surface area contributed by atoms with Crippen LogP contribution in [0, 0.1) is 0 Å². The fraction of sp³-hybridized carbons (Fsp3) is 0.421. The van der Waals surface area contributed by atoms with Crippen molar-refractivity contribution in [2.24, 2.45) is 0 Å². The van der Waals surface area contributed by atoms with Gasteiger partial charge in [-0.3, -0.25) is 0 Å². The number of rotatable bonds is 3. The van der Waals surface area contributed by atoms with E-state index in [1.165, 1.54) is 5.56 Å². The zero-order valence-electron chi connectivity index (χ0n) is 14.5. The normalized spacial score (nSPS) is 20.4. The Morgan fingerprint density at radius 2 is 2.08 bits per heavy atom. The van der Waals surface area contributed by atoms with Crippen LogP contribution in [0.1, 0.15) is 24.4 Å². The first-order valence-corrected chi connectivity index (χ1v) is 10.3. The Balaban J connectivity index is 1.54. The Labute approximate surface area is 162 Å². The number of nitrogens with one attached hydrogen (secondary N) is 1. The molecular formula is C19H22ClN3O2S. The summed E-state index contributed by atoms with van der Waals surface area (Å²) < 4.78 is 5.44. The molecule has 138 valence electrons. The summed E-state index contributed by atoms with van der Waals surface area (Å²) in [6.07, 6.45) is 2.04. The molecule has 1 aromatic carbocycles. The summed E-state index contributed by atoms with van der Waals surface area (Å²) in [5.41, 5.74) is 2.99. The molecule has 5 nitrogen and oxygen atoms in total. The number of halogens is 1. The average Bonchev–Trinajstić information content (AvgIpc) is 3.34. The van der Waals surface area contributed by atoms with E-state index in [0.717, 1.165) is 43.9 Å². The Hall–Kier alpha value is -1.76. The molecule has 2 aliphatic heterocycles. The zero-order chi connectivity index (χ0) is 17.9. The second-order valence-corrected chi connectivity index (χ2v) is 7.82. The van der Waals surface area contributed by atoms with Crippen molar-refractivity contribution in [3.05, 3.63) is 45.6 Å². The van der Waals surface area contributed by atoms with Crippen molar-refractivity contribution in [3.63, 3.8) is 0 Å². The molecule has 0 aliphatic carbocycles. The van der Waals surface area contributed by atoms with Gasteiger partial charge in [0.25, 0.3) is 0 Å². The molecule has 1 unspecified atom stereocenters. The van der Waals surface area contributed by atoms with Crippen LogP contribution >= 0.6 is 22.9 Å². The maximum absolute atomic E-state index is 13.0. The van der Waals surface area contributed by atoms with Gasteiger partial charge in [0.2, 0.25) is 0 Å². The van der Waals surface area contributed by atoms with Gasteiger partial charge in [0.05, 0.1) is 30.6 Å². The van der Waals surface area contributed by atoms with Gasteiger partial charge in [-0.05, 0) is 53.4 Å². The molecule has 7 heteroatoms. The summed E-state index contributed by atoms with van der Waals surface area (Å²) in [4.78, 5) is 17.2. The molecule has 2 saturated heterocycles. The van der Waals surface area contributed by atoms with Crippen molar-refractivity contribution < 1.29 is 9.53 Å². The number of likely N-dealkylation sites (tertiary alicyclic amines) is 1. The lowest BCUT2D eigenvalue weighted by atomic mass is 10.1. The van der Waals surface area contributed by atoms with Gasteiger partial charge in [-0.2, -0.15) is 11.3 Å². The van der Waals surface area contributed by atoms with Crippen LogP contribution in [0.3, 0.4) is 0 Å². The summed E-state index contributed by atoms with van der Waals surface area (Å²) in [5.74, 6) is 0. The van der Waals surface area contributed by atoms with Crippen LogP contribution in [0.15, 0.2) is 35.0 Å². The van der Waals surface area contributed by atoms with Crippen LogP contribution < -0.4 is 10.2 Å². The maximum Gasteiger partial charge on any atom is 0.322 e. The van der Waals surface area contributed by atoms with Crippen LogP contribution in [0.2, 0.25) is 5.02 Å². The molecule has 26 heavy (non-hydrogen) atoms. The summed E-state index contributed by atoms with van der Waals surface area (Å²) in [7, 11) is 0. The first-order chi connectivity index (χ1) is 12.7. The van der Waals surface area contributed by atoms with Gasteiger partial charge in [-0.25, -0.2) is 4.79 Å². The Kier molecular flexibility index (Phi) is 5.33. The van der Waals surface area contributed by atoms with Gasteiger partial charge < -0.3 is 19.9 Å². The van der Waals surface area contributed by atoms with Crippen LogP contribution in [0.4, 0.5) is 16.2 Å². The minimum absolute atomic E-state index is 0.0597. The van der Waals surface area contributed by atoms with E-state index in [4.69, 9.17) is 16.3 Å². The van der Waals surface area contributed by atoms with Gasteiger partial charge in [-0.1, -0.05) is 11.6 Å². The number of hydrogen-bond donors (Lipinski definition) is 1. The number of carbonyl (C=O) groups excluding carboxylic acids is 1. The number of amides is 2. The van der Waals surface area contributed by atoms with E-state index in [1.807, 2.05) is 23.1 Å². The highest BCUT2D eigenvalue weighted by Gasteiger charge is 2.30. The fourth-order valence-corrected chi connectivity index (χ4v) is 4.58. The van der Waals surface area contributed by atoms with E-state index in [9.17, 15) is 4.79 Å². The number of urea groups is 1. The standard InChI is InChI=1S/C19H22ClN3O2S/c20-15-3-4-18(22-7-9-25-10-8-22)16(12-15)21-19(24)23-6-1-2-17(23)14-5-11-26-13-14/h3-5,11-13,17H,1-2,6-10H2,(H,21,24). The molecule has 0 bridgehead atoms. The third-order valence-corrected chi connectivity index (χ3v) is 5.93. The molecule has 1 N–H and O–H groups in total. The predicted octanol–water partition coefficient (Wildman–Crippen LogP) is 4.61. The number of thiophene rings is 1. The predicted molar refractivity (Wildman–Crippen MR) is 107 cm³/mol. The molecule has 2 aliphatic rings. The highest BCUT2D eigenvalue weighted by Crippen LogP contribution is 2.35. The topological polar surface area (TPSA) is 44.8 Å². The number of anilines is 2. The molecule has 0 radical (unpaired) electrons. The van der Waals surface area contributed by atoms with E-state index >= 15 is 0 Å². The lowest BCUT2D eigenvalue weighted by Crippen LogP contribution is -2.38. The quantitative estimate of drug-likeness (QED) is 0.831. The molecule has 4 rings (SSSR count). The lowest BCUT2D eigenvalue weighted by Gasteiger charge is -2.31. The molecule has 2 aromatic rings. The molecule has 3 heterocycles. The molecule has 1 atom stereocenters. The molecular weight excluding hydrogens is 370 g/mol. The average molecular weight is 392 g/mol. The van der Waals surface area contributed by atoms with Crippen molar-refractivity contribution in [1.29, 1.82) is 0 Å². The monoisotopic (exact) mass is 391 g/mol. The number of hydrogen-bond acceptors (Lipinski definition) is 4. The third kappa shape index (κ3) is 3.68. The van der Waals surface area contributed by atoms with Crippen LogP contribution in [0.25, 0.3) is 0 Å². The molecule has 2 amide bonds. The van der Waals surface area contributed by atoms with Crippen molar-refractivity contribution in [2.75, 3.05) is 43.1 Å². The lowest BCUT2D eigenvalue weighted by molar-refractivity contribution is 0.123. The number of carbonyl (C=O) groups is 1. The molecule has 2 fully saturated rings. The second kappa shape index (κ2) is 7.86. The van der Waals surface area contributed by atoms with E-state index < -0.39 is 0 Å². The maximum atomic E-state index is 13.0. The third-order valence-electron chi connectivity index (χ3n) is 4.99. The number of benzene rings is 1. The van der Waals surface area contributed by atoms with E-state index in [-0.39, 0.29) is 12.1 Å². The van der Waals surface area contributed by atoms with Gasteiger partial charge in [0, 0.05) is 24.7 Å². The van der Waals surface area contributed by atoms with Crippen molar-refractivity contribution in [3.8, 4) is 0 Å². The fourth-order valence-electron chi connectivity index (χ4n) is 3.70. The summed E-state index contributed by atoms with van der Waals surface area (Å²) in [6.45, 7) is 3.79.